The highest BCUT2D eigenvalue weighted by Gasteiger charge is 2.42. The largest absolute Gasteiger partial charge is 0.419 e. The lowest BCUT2D eigenvalue weighted by Gasteiger charge is -2.45. The molecule has 10 heteroatoms. The van der Waals surface area contributed by atoms with Crippen LogP contribution in [0.5, 0.6) is 0 Å². The molecule has 0 amide bonds. The second kappa shape index (κ2) is 8.50. The van der Waals surface area contributed by atoms with Crippen LogP contribution in [0.3, 0.4) is 0 Å². The number of pyridine rings is 1. The number of rotatable bonds is 4. The second-order valence-electron chi connectivity index (χ2n) is 7.58. The molecule has 0 saturated carbocycles. The van der Waals surface area contributed by atoms with E-state index in [9.17, 15) is 33.6 Å². The highest BCUT2D eigenvalue weighted by Crippen LogP contribution is 2.36. The fourth-order valence-corrected chi connectivity index (χ4v) is 4.20. The van der Waals surface area contributed by atoms with Gasteiger partial charge in [0.25, 0.3) is 0 Å². The number of aromatic nitrogens is 1. The van der Waals surface area contributed by atoms with E-state index in [0.29, 0.717) is 26.1 Å². The van der Waals surface area contributed by atoms with Crippen molar-refractivity contribution in [1.29, 1.82) is 0 Å². The summed E-state index contributed by atoms with van der Waals surface area (Å²) < 4.78 is 39.9. The topological polar surface area (TPSA) is 100 Å². The Hall–Kier alpha value is -1.46. The van der Waals surface area contributed by atoms with Gasteiger partial charge in [-0.25, -0.2) is 4.98 Å². The summed E-state index contributed by atoms with van der Waals surface area (Å²) in [6.45, 7) is 0.890. The number of anilines is 1. The molecule has 5 atom stereocenters. The maximum Gasteiger partial charge on any atom is 0.419 e. The van der Waals surface area contributed by atoms with E-state index >= 15 is 0 Å². The summed E-state index contributed by atoms with van der Waals surface area (Å²) in [5.41, 5.74) is -0.768. The number of halogens is 3. The lowest BCUT2D eigenvalue weighted by molar-refractivity contribution is -0.147. The number of β-amino-alcohol motifs (C(OH)–C–C–N with tert-alkyl or cyclic N) is 1. The van der Waals surface area contributed by atoms with E-state index in [1.54, 1.807) is 9.80 Å². The molecule has 3 rings (SSSR count). The van der Waals surface area contributed by atoms with Crippen LogP contribution in [0, 0.1) is 5.92 Å². The molecule has 2 aliphatic rings. The lowest BCUT2D eigenvalue weighted by atomic mass is 9.91. The summed E-state index contributed by atoms with van der Waals surface area (Å²) in [7, 11) is 0. The summed E-state index contributed by atoms with van der Waals surface area (Å²) in [4.78, 5) is 7.28. The van der Waals surface area contributed by atoms with Crippen molar-refractivity contribution in [2.75, 3.05) is 37.7 Å². The van der Waals surface area contributed by atoms with Crippen LogP contribution in [-0.2, 0) is 6.18 Å². The Morgan fingerprint density at radius 3 is 2.57 bits per heavy atom. The van der Waals surface area contributed by atoms with E-state index in [2.05, 4.69) is 4.98 Å². The van der Waals surface area contributed by atoms with Gasteiger partial charge in [-0.1, -0.05) is 0 Å². The third-order valence-electron chi connectivity index (χ3n) is 5.62. The molecular formula is C18H26F3N3O4. The Balaban J connectivity index is 1.72. The van der Waals surface area contributed by atoms with E-state index in [1.165, 1.54) is 12.3 Å². The Morgan fingerprint density at radius 1 is 1.14 bits per heavy atom. The van der Waals surface area contributed by atoms with Gasteiger partial charge in [-0.05, 0) is 30.9 Å². The molecule has 7 nitrogen and oxygen atoms in total. The predicted octanol–water partition coefficient (Wildman–Crippen LogP) is 0.0760. The van der Waals surface area contributed by atoms with Gasteiger partial charge in [-0.3, -0.25) is 4.90 Å². The van der Waals surface area contributed by atoms with Gasteiger partial charge in [0, 0.05) is 32.4 Å². The number of piperidine rings is 2. The molecule has 1 aromatic rings. The summed E-state index contributed by atoms with van der Waals surface area (Å²) >= 11 is 0. The third kappa shape index (κ3) is 4.41. The molecule has 0 bridgehead atoms. The molecular weight excluding hydrogens is 379 g/mol. The Bertz CT molecular complexity index is 663. The van der Waals surface area contributed by atoms with Crippen LogP contribution < -0.4 is 4.90 Å². The van der Waals surface area contributed by atoms with Gasteiger partial charge in [0.1, 0.15) is 18.0 Å². The second-order valence-corrected chi connectivity index (χ2v) is 7.58. The van der Waals surface area contributed by atoms with Crippen molar-refractivity contribution in [3.8, 4) is 0 Å². The van der Waals surface area contributed by atoms with E-state index in [1.807, 2.05) is 0 Å². The fourth-order valence-electron chi connectivity index (χ4n) is 4.20. The van der Waals surface area contributed by atoms with Crippen LogP contribution >= 0.6 is 0 Å². The quantitative estimate of drug-likeness (QED) is 0.563. The molecule has 4 N–H and O–H groups in total. The van der Waals surface area contributed by atoms with Gasteiger partial charge in [-0.2, -0.15) is 13.2 Å². The highest BCUT2D eigenvalue weighted by atomic mass is 19.4. The Morgan fingerprint density at radius 2 is 1.89 bits per heavy atom. The Labute approximate surface area is 161 Å². The number of nitrogens with zero attached hydrogens (tertiary/aromatic N) is 3. The minimum atomic E-state index is -4.49. The monoisotopic (exact) mass is 405 g/mol. The molecule has 28 heavy (non-hydrogen) atoms. The number of aliphatic hydroxyl groups is 4. The Kier molecular flexibility index (Phi) is 6.45. The first-order valence-electron chi connectivity index (χ1n) is 9.38. The maximum atomic E-state index is 13.3. The standard InChI is InChI=1S/C18H26F3N3O4/c19-18(20,21)12-4-1-5-22-17(12)23-6-2-3-11(7-23)8-24-9-14(26)16(28)15(27)13(24)10-25/h1,4-5,11,13-16,25-28H,2-3,6-10H2/t11-,13-,14-,15+,16+/m0/s1. The number of alkyl halides is 3. The SMILES string of the molecule is OC[C@H]1[C@@H](O)[C@H](O)[C@@H](O)CN1C[C@H]1CCCN(c2ncccc2C(F)(F)F)C1. The highest BCUT2D eigenvalue weighted by molar-refractivity contribution is 5.48. The molecule has 3 heterocycles. The molecule has 0 aromatic carbocycles. The van der Waals surface area contributed by atoms with Crippen molar-refractivity contribution in [1.82, 2.24) is 9.88 Å². The summed E-state index contributed by atoms with van der Waals surface area (Å²) in [6.07, 6.45) is -5.46. The van der Waals surface area contributed by atoms with Crippen LogP contribution in [0.4, 0.5) is 19.0 Å². The van der Waals surface area contributed by atoms with E-state index < -0.39 is 36.1 Å². The van der Waals surface area contributed by atoms with Crippen LogP contribution in [0.25, 0.3) is 0 Å². The maximum absolute atomic E-state index is 13.3. The zero-order valence-corrected chi connectivity index (χ0v) is 15.3. The minimum absolute atomic E-state index is 0.0273. The van der Waals surface area contributed by atoms with Crippen molar-refractivity contribution in [3.63, 3.8) is 0 Å². The van der Waals surface area contributed by atoms with E-state index in [0.717, 1.165) is 12.5 Å². The normalized spacial score (nSPS) is 32.5. The molecule has 0 radical (unpaired) electrons. The van der Waals surface area contributed by atoms with Gasteiger partial charge >= 0.3 is 6.18 Å². The molecule has 1 aromatic heterocycles. The first-order chi connectivity index (χ1) is 13.2. The first kappa shape index (κ1) is 21.3. The van der Waals surface area contributed by atoms with Crippen molar-refractivity contribution in [2.45, 2.75) is 43.4 Å². The average Bonchev–Trinajstić information content (AvgIpc) is 2.66. The minimum Gasteiger partial charge on any atom is -0.395 e. The summed E-state index contributed by atoms with van der Waals surface area (Å²) in [6, 6.07) is 1.56. The van der Waals surface area contributed by atoms with Gasteiger partial charge < -0.3 is 25.3 Å². The molecule has 2 fully saturated rings. The van der Waals surface area contributed by atoms with Crippen LogP contribution in [0.1, 0.15) is 18.4 Å². The third-order valence-corrected chi connectivity index (χ3v) is 5.62. The van der Waals surface area contributed by atoms with Crippen LogP contribution in [-0.4, -0.2) is 87.4 Å². The van der Waals surface area contributed by atoms with Crippen LogP contribution in [0.2, 0.25) is 0 Å². The van der Waals surface area contributed by atoms with Crippen molar-refractivity contribution < 1.29 is 33.6 Å². The lowest BCUT2D eigenvalue weighted by Crippen LogP contribution is -2.63. The van der Waals surface area contributed by atoms with Gasteiger partial charge in [-0.15, -0.1) is 0 Å². The molecule has 0 spiro atoms. The summed E-state index contributed by atoms with van der Waals surface area (Å²) in [5.74, 6) is -0.118. The van der Waals surface area contributed by atoms with Crippen molar-refractivity contribution in [3.05, 3.63) is 23.9 Å². The predicted molar refractivity (Wildman–Crippen MR) is 94.6 cm³/mol. The van der Waals surface area contributed by atoms with E-state index in [-0.39, 0.29) is 24.9 Å². The molecule has 0 unspecified atom stereocenters. The van der Waals surface area contributed by atoms with Crippen LogP contribution in [0.15, 0.2) is 18.3 Å². The van der Waals surface area contributed by atoms with Gasteiger partial charge in [0.05, 0.1) is 24.3 Å². The molecule has 0 aliphatic carbocycles. The molecule has 2 saturated heterocycles. The van der Waals surface area contributed by atoms with Gasteiger partial charge in [0.15, 0.2) is 0 Å². The zero-order chi connectivity index (χ0) is 20.5. The van der Waals surface area contributed by atoms with Gasteiger partial charge in [0.2, 0.25) is 0 Å². The number of hydrogen-bond acceptors (Lipinski definition) is 7. The van der Waals surface area contributed by atoms with Crippen molar-refractivity contribution in [2.24, 2.45) is 5.92 Å². The molecule has 2 aliphatic heterocycles. The number of hydrogen-bond donors (Lipinski definition) is 4. The number of likely N-dealkylation sites (tertiary alicyclic amines) is 1. The molecule has 158 valence electrons. The first-order valence-corrected chi connectivity index (χ1v) is 9.38. The average molecular weight is 405 g/mol. The van der Waals surface area contributed by atoms with Crippen molar-refractivity contribution >= 4 is 5.82 Å². The zero-order valence-electron chi connectivity index (χ0n) is 15.3. The fraction of sp³-hybridized carbons (Fsp3) is 0.722. The summed E-state index contributed by atoms with van der Waals surface area (Å²) in [5, 5.41) is 39.4. The smallest absolute Gasteiger partial charge is 0.395 e. The number of aliphatic hydroxyl groups excluding tert-OH is 4. The van der Waals surface area contributed by atoms with E-state index in [4.69, 9.17) is 0 Å².